The number of carbonyl (C=O) groups is 2. The number of nitrogens with one attached hydrogen (secondary N) is 1. The molecule has 0 radical (unpaired) electrons. The average Bonchev–Trinajstić information content (AvgIpc) is 3.53. The molecule has 2 atom stereocenters. The van der Waals surface area contributed by atoms with Crippen molar-refractivity contribution in [3.63, 3.8) is 0 Å². The summed E-state index contributed by atoms with van der Waals surface area (Å²) in [5.41, 5.74) is 0.545. The lowest BCUT2D eigenvalue weighted by molar-refractivity contribution is -0.118. The van der Waals surface area contributed by atoms with Gasteiger partial charge in [0, 0.05) is 25.6 Å². The largest absolute Gasteiger partial charge is 0.493 e. The summed E-state index contributed by atoms with van der Waals surface area (Å²) in [4.78, 5) is 24.1. The Bertz CT molecular complexity index is 950. The zero-order valence-corrected chi connectivity index (χ0v) is 20.0. The number of nitrogens with zero attached hydrogens (tertiary/aromatic N) is 1. The minimum Gasteiger partial charge on any atom is -0.493 e. The predicted molar refractivity (Wildman–Crippen MR) is 121 cm³/mol. The summed E-state index contributed by atoms with van der Waals surface area (Å²) in [5, 5.41) is 2.21. The molecule has 3 rings (SSSR count). The molecule has 1 unspecified atom stereocenters. The number of hydrogen-bond donors (Lipinski definition) is 1. The van der Waals surface area contributed by atoms with Gasteiger partial charge in [0.2, 0.25) is 5.91 Å². The highest BCUT2D eigenvalue weighted by molar-refractivity contribution is 7.91. The van der Waals surface area contributed by atoms with Gasteiger partial charge in [-0.05, 0) is 56.2 Å². The Labute approximate surface area is 194 Å². The lowest BCUT2D eigenvalue weighted by Crippen LogP contribution is -2.29. The lowest BCUT2D eigenvalue weighted by Gasteiger charge is -2.24. The summed E-state index contributed by atoms with van der Waals surface area (Å²) in [6.07, 6.45) is 3.48. The summed E-state index contributed by atoms with van der Waals surface area (Å²) < 4.78 is 51.1. The van der Waals surface area contributed by atoms with Crippen molar-refractivity contribution in [2.75, 3.05) is 38.3 Å². The van der Waals surface area contributed by atoms with Crippen LogP contribution < -0.4 is 10.1 Å². The molecular weight excluding hydrogens is 451 g/mol. The molecule has 0 aromatic heterocycles. The van der Waals surface area contributed by atoms with Crippen molar-refractivity contribution < 1.29 is 31.9 Å². The van der Waals surface area contributed by atoms with E-state index in [9.17, 15) is 22.4 Å². The molecule has 10 heteroatoms. The maximum atomic E-state index is 14.3. The summed E-state index contributed by atoms with van der Waals surface area (Å²) >= 11 is 0. The number of urea groups is 1. The van der Waals surface area contributed by atoms with Gasteiger partial charge in [-0.2, -0.15) is 0 Å². The van der Waals surface area contributed by atoms with Crippen molar-refractivity contribution in [2.45, 2.75) is 51.0 Å². The molecule has 1 aromatic carbocycles. The molecule has 2 aliphatic rings. The molecule has 1 aliphatic carbocycles. The normalized spacial score (nSPS) is 18.3. The van der Waals surface area contributed by atoms with Crippen LogP contribution in [0.5, 0.6) is 5.75 Å². The quantitative estimate of drug-likeness (QED) is 0.322. The standard InChI is InChI=1S/C23H33FN2O6S/c1-16(31-2)21(18-10-19(24)12-20(11-18)32-14-17-6-7-17)15-33(29,30)9-5-3-4-8-26-13-22(27)25-23(26)28/h10-12,16-17,21H,3-9,13-15H2,1-2H3,(H,25,27,28)/t16?,21-/m1/s1. The second kappa shape index (κ2) is 11.3. The van der Waals surface area contributed by atoms with Crippen molar-refractivity contribution in [3.8, 4) is 5.75 Å². The molecule has 1 saturated heterocycles. The van der Waals surface area contributed by atoms with Crippen LogP contribution in [0.25, 0.3) is 0 Å². The van der Waals surface area contributed by atoms with Crippen LogP contribution in [0, 0.1) is 11.7 Å². The van der Waals surface area contributed by atoms with Crippen LogP contribution in [0.3, 0.4) is 0 Å². The Morgan fingerprint density at radius 1 is 1.18 bits per heavy atom. The topological polar surface area (TPSA) is 102 Å². The molecule has 184 valence electrons. The fourth-order valence-electron chi connectivity index (χ4n) is 3.87. The van der Waals surface area contributed by atoms with Gasteiger partial charge >= 0.3 is 6.03 Å². The maximum Gasteiger partial charge on any atom is 0.324 e. The van der Waals surface area contributed by atoms with E-state index in [0.29, 0.717) is 49.6 Å². The van der Waals surface area contributed by atoms with Gasteiger partial charge in [0.15, 0.2) is 9.84 Å². The molecule has 0 spiro atoms. The number of rotatable bonds is 14. The van der Waals surface area contributed by atoms with Gasteiger partial charge in [-0.1, -0.05) is 6.42 Å². The van der Waals surface area contributed by atoms with Crippen LogP contribution in [0.2, 0.25) is 0 Å². The number of hydrogen-bond acceptors (Lipinski definition) is 6. The summed E-state index contributed by atoms with van der Waals surface area (Å²) in [6, 6.07) is 3.98. The van der Waals surface area contributed by atoms with Gasteiger partial charge in [-0.25, -0.2) is 17.6 Å². The molecule has 2 fully saturated rings. The number of sulfone groups is 1. The zero-order chi connectivity index (χ0) is 24.0. The fourth-order valence-corrected chi connectivity index (χ4v) is 5.69. The molecule has 1 aliphatic heterocycles. The monoisotopic (exact) mass is 484 g/mol. The molecular formula is C23H33FN2O6S. The third-order valence-electron chi connectivity index (χ3n) is 6.13. The van der Waals surface area contributed by atoms with E-state index in [1.807, 2.05) is 0 Å². The first-order valence-electron chi connectivity index (χ1n) is 11.4. The molecule has 8 nitrogen and oxygen atoms in total. The van der Waals surface area contributed by atoms with Crippen LogP contribution >= 0.6 is 0 Å². The number of benzene rings is 1. The van der Waals surface area contributed by atoms with E-state index in [1.165, 1.54) is 24.1 Å². The van der Waals surface area contributed by atoms with Crippen molar-refractivity contribution in [3.05, 3.63) is 29.6 Å². The number of halogens is 1. The van der Waals surface area contributed by atoms with E-state index in [2.05, 4.69) is 5.32 Å². The third kappa shape index (κ3) is 7.96. The molecule has 1 N–H and O–H groups in total. The molecule has 1 heterocycles. The zero-order valence-electron chi connectivity index (χ0n) is 19.2. The Balaban J connectivity index is 1.55. The molecule has 3 amide bonds. The van der Waals surface area contributed by atoms with Gasteiger partial charge < -0.3 is 14.4 Å². The minimum atomic E-state index is -3.43. The molecule has 33 heavy (non-hydrogen) atoms. The second-order valence-corrected chi connectivity index (χ2v) is 11.2. The van der Waals surface area contributed by atoms with Gasteiger partial charge in [-0.3, -0.25) is 10.1 Å². The summed E-state index contributed by atoms with van der Waals surface area (Å²) in [6.45, 7) is 2.78. The van der Waals surface area contributed by atoms with Crippen molar-refractivity contribution in [2.24, 2.45) is 5.92 Å². The number of imide groups is 1. The average molecular weight is 485 g/mol. The van der Waals surface area contributed by atoms with Gasteiger partial charge in [-0.15, -0.1) is 0 Å². The fraction of sp³-hybridized carbons (Fsp3) is 0.652. The summed E-state index contributed by atoms with van der Waals surface area (Å²) in [7, 11) is -1.93. The van der Waals surface area contributed by atoms with Gasteiger partial charge in [0.05, 0.1) is 24.2 Å². The van der Waals surface area contributed by atoms with E-state index in [4.69, 9.17) is 9.47 Å². The SMILES string of the molecule is COC(C)[C@@H](CS(=O)(=O)CCCCCN1CC(=O)NC1=O)c1cc(F)cc(OCC2CC2)c1. The first-order valence-corrected chi connectivity index (χ1v) is 13.2. The highest BCUT2D eigenvalue weighted by atomic mass is 32.2. The number of unbranched alkanes of at least 4 members (excludes halogenated alkanes) is 2. The van der Waals surface area contributed by atoms with E-state index >= 15 is 0 Å². The van der Waals surface area contributed by atoms with Crippen molar-refractivity contribution in [1.82, 2.24) is 10.2 Å². The summed E-state index contributed by atoms with van der Waals surface area (Å²) in [5.74, 6) is -0.550. The van der Waals surface area contributed by atoms with Crippen LogP contribution in [-0.2, 0) is 19.4 Å². The Kier molecular flexibility index (Phi) is 8.69. The molecule has 1 saturated carbocycles. The number of carbonyl (C=O) groups excluding carboxylic acids is 2. The second-order valence-electron chi connectivity index (χ2n) is 8.97. The highest BCUT2D eigenvalue weighted by Gasteiger charge is 2.28. The van der Waals surface area contributed by atoms with Crippen molar-refractivity contribution in [1.29, 1.82) is 0 Å². The first kappa shape index (κ1) is 25.4. The van der Waals surface area contributed by atoms with Crippen LogP contribution in [-0.4, -0.2) is 69.7 Å². The smallest absolute Gasteiger partial charge is 0.324 e. The van der Waals surface area contributed by atoms with Crippen LogP contribution in [0.15, 0.2) is 18.2 Å². The van der Waals surface area contributed by atoms with E-state index in [0.717, 1.165) is 12.8 Å². The van der Waals surface area contributed by atoms with Gasteiger partial charge in [0.25, 0.3) is 0 Å². The van der Waals surface area contributed by atoms with Crippen LogP contribution in [0.1, 0.15) is 50.5 Å². The molecule has 0 bridgehead atoms. The Morgan fingerprint density at radius 2 is 1.94 bits per heavy atom. The minimum absolute atomic E-state index is 0.00852. The predicted octanol–water partition coefficient (Wildman–Crippen LogP) is 2.87. The van der Waals surface area contributed by atoms with Crippen LogP contribution in [0.4, 0.5) is 9.18 Å². The first-order chi connectivity index (χ1) is 15.7. The third-order valence-corrected chi connectivity index (χ3v) is 7.91. The Morgan fingerprint density at radius 3 is 2.58 bits per heavy atom. The number of amides is 3. The Hall–Kier alpha value is -2.20. The van der Waals surface area contributed by atoms with E-state index in [-0.39, 0.29) is 24.0 Å². The van der Waals surface area contributed by atoms with E-state index in [1.54, 1.807) is 13.0 Å². The van der Waals surface area contributed by atoms with E-state index < -0.39 is 33.7 Å². The number of ether oxygens (including phenoxy) is 2. The number of methoxy groups -OCH3 is 1. The van der Waals surface area contributed by atoms with Crippen molar-refractivity contribution >= 4 is 21.8 Å². The maximum absolute atomic E-state index is 14.3. The highest BCUT2D eigenvalue weighted by Crippen LogP contribution is 2.32. The lowest BCUT2D eigenvalue weighted by atomic mass is 9.95. The molecule has 1 aromatic rings. The van der Waals surface area contributed by atoms with Gasteiger partial charge in [0.1, 0.15) is 18.1 Å².